The topological polar surface area (TPSA) is 52.6 Å². The molecule has 0 saturated heterocycles. The van der Waals surface area contributed by atoms with Gasteiger partial charge in [-0.05, 0) is 49.1 Å². The Balaban J connectivity index is 2.30. The highest BCUT2D eigenvalue weighted by Crippen LogP contribution is 2.08. The molecule has 0 aliphatic rings. The van der Waals surface area contributed by atoms with Crippen LogP contribution in [0.15, 0.2) is 16.8 Å². The molecular formula is C13H22N2O2S. The summed E-state index contributed by atoms with van der Waals surface area (Å²) in [7, 11) is 1.75. The number of nitrogens with zero attached hydrogens (tertiary/aromatic N) is 1. The van der Waals surface area contributed by atoms with Gasteiger partial charge in [-0.1, -0.05) is 0 Å². The van der Waals surface area contributed by atoms with Crippen molar-refractivity contribution in [3.05, 3.63) is 22.4 Å². The van der Waals surface area contributed by atoms with E-state index in [-0.39, 0.29) is 18.2 Å². The van der Waals surface area contributed by atoms with Crippen LogP contribution in [0.1, 0.15) is 25.8 Å². The molecule has 0 unspecified atom stereocenters. The normalized spacial score (nSPS) is 14.0. The van der Waals surface area contributed by atoms with E-state index in [1.807, 2.05) is 12.3 Å². The van der Waals surface area contributed by atoms with Crippen molar-refractivity contribution in [3.8, 4) is 0 Å². The summed E-state index contributed by atoms with van der Waals surface area (Å²) in [6.45, 7) is 4.29. The van der Waals surface area contributed by atoms with Gasteiger partial charge in [0.2, 0.25) is 0 Å². The largest absolute Gasteiger partial charge is 0.393 e. The van der Waals surface area contributed by atoms with Crippen LogP contribution in [-0.2, 0) is 6.42 Å². The molecule has 1 heterocycles. The van der Waals surface area contributed by atoms with Gasteiger partial charge in [-0.3, -0.25) is 0 Å². The van der Waals surface area contributed by atoms with Gasteiger partial charge in [-0.15, -0.1) is 0 Å². The molecule has 1 aromatic heterocycles. The summed E-state index contributed by atoms with van der Waals surface area (Å²) in [4.78, 5) is 13.4. The van der Waals surface area contributed by atoms with Crippen molar-refractivity contribution < 1.29 is 9.90 Å². The SMILES string of the molecule is C[C@H](Cc1ccsc1)NC(=O)N(C)CC[C@@H](C)O. The Labute approximate surface area is 113 Å². The van der Waals surface area contributed by atoms with Crippen LogP contribution in [-0.4, -0.2) is 41.8 Å². The van der Waals surface area contributed by atoms with Gasteiger partial charge in [-0.25, -0.2) is 4.79 Å². The van der Waals surface area contributed by atoms with Gasteiger partial charge < -0.3 is 15.3 Å². The van der Waals surface area contributed by atoms with Crippen LogP contribution in [0.25, 0.3) is 0 Å². The predicted octanol–water partition coefficient (Wildman–Crippen LogP) is 2.09. The lowest BCUT2D eigenvalue weighted by Crippen LogP contribution is -2.43. The molecule has 1 aromatic rings. The van der Waals surface area contributed by atoms with Crippen molar-refractivity contribution in [2.24, 2.45) is 0 Å². The van der Waals surface area contributed by atoms with Gasteiger partial charge in [0.15, 0.2) is 0 Å². The minimum atomic E-state index is -0.372. The minimum Gasteiger partial charge on any atom is -0.393 e. The summed E-state index contributed by atoms with van der Waals surface area (Å²) >= 11 is 1.67. The van der Waals surface area contributed by atoms with E-state index in [9.17, 15) is 9.90 Å². The maximum Gasteiger partial charge on any atom is 0.317 e. The van der Waals surface area contributed by atoms with Crippen molar-refractivity contribution in [1.29, 1.82) is 0 Å². The number of carbonyl (C=O) groups is 1. The zero-order valence-corrected chi connectivity index (χ0v) is 12.0. The van der Waals surface area contributed by atoms with Gasteiger partial charge in [0.25, 0.3) is 0 Å². The van der Waals surface area contributed by atoms with Gasteiger partial charge in [0, 0.05) is 19.6 Å². The second kappa shape index (κ2) is 7.38. The number of hydrogen-bond acceptors (Lipinski definition) is 3. The average Bonchev–Trinajstić information content (AvgIpc) is 2.78. The number of amides is 2. The monoisotopic (exact) mass is 270 g/mol. The van der Waals surface area contributed by atoms with Crippen LogP contribution in [0.4, 0.5) is 4.79 Å². The van der Waals surface area contributed by atoms with E-state index in [1.165, 1.54) is 5.56 Å². The van der Waals surface area contributed by atoms with Crippen molar-refractivity contribution in [3.63, 3.8) is 0 Å². The first-order valence-corrected chi connectivity index (χ1v) is 7.14. The molecule has 0 fully saturated rings. The summed E-state index contributed by atoms with van der Waals surface area (Å²) in [5, 5.41) is 16.3. The molecule has 2 atom stereocenters. The van der Waals surface area contributed by atoms with E-state index < -0.39 is 0 Å². The first-order chi connectivity index (χ1) is 8.49. The van der Waals surface area contributed by atoms with Crippen molar-refractivity contribution in [1.82, 2.24) is 10.2 Å². The van der Waals surface area contributed by atoms with Gasteiger partial charge in [0.1, 0.15) is 0 Å². The Kier molecular flexibility index (Phi) is 6.15. The maximum atomic E-state index is 11.8. The first kappa shape index (κ1) is 15.0. The van der Waals surface area contributed by atoms with E-state index in [4.69, 9.17) is 0 Å². The molecule has 0 spiro atoms. The number of thiophene rings is 1. The highest BCUT2D eigenvalue weighted by atomic mass is 32.1. The predicted molar refractivity (Wildman–Crippen MR) is 74.9 cm³/mol. The molecule has 0 aliphatic carbocycles. The third-order valence-corrected chi connectivity index (χ3v) is 3.45. The average molecular weight is 270 g/mol. The molecule has 0 aliphatic heterocycles. The number of aliphatic hydroxyl groups is 1. The third-order valence-electron chi connectivity index (χ3n) is 2.72. The molecule has 0 bridgehead atoms. The molecule has 2 amide bonds. The second-order valence-electron chi connectivity index (χ2n) is 4.75. The van der Waals surface area contributed by atoms with Gasteiger partial charge in [0.05, 0.1) is 6.10 Å². The Morgan fingerprint density at radius 2 is 2.28 bits per heavy atom. The highest BCUT2D eigenvalue weighted by molar-refractivity contribution is 7.07. The Morgan fingerprint density at radius 1 is 1.56 bits per heavy atom. The maximum absolute atomic E-state index is 11.8. The number of nitrogens with one attached hydrogen (secondary N) is 1. The summed E-state index contributed by atoms with van der Waals surface area (Å²) in [6, 6.07) is 2.10. The van der Waals surface area contributed by atoms with Crippen molar-refractivity contribution in [2.75, 3.05) is 13.6 Å². The molecule has 0 radical (unpaired) electrons. The minimum absolute atomic E-state index is 0.0848. The first-order valence-electron chi connectivity index (χ1n) is 6.19. The van der Waals surface area contributed by atoms with Crippen LogP contribution in [0.5, 0.6) is 0 Å². The van der Waals surface area contributed by atoms with Gasteiger partial charge >= 0.3 is 6.03 Å². The van der Waals surface area contributed by atoms with Crippen LogP contribution < -0.4 is 5.32 Å². The number of urea groups is 1. The molecular weight excluding hydrogens is 248 g/mol. The van der Waals surface area contributed by atoms with Crippen molar-refractivity contribution >= 4 is 17.4 Å². The zero-order valence-electron chi connectivity index (χ0n) is 11.2. The fourth-order valence-electron chi connectivity index (χ4n) is 1.62. The number of aliphatic hydroxyl groups excluding tert-OH is 1. The number of rotatable bonds is 6. The van der Waals surface area contributed by atoms with Crippen LogP contribution in [0.2, 0.25) is 0 Å². The molecule has 4 nitrogen and oxygen atoms in total. The highest BCUT2D eigenvalue weighted by Gasteiger charge is 2.12. The lowest BCUT2D eigenvalue weighted by molar-refractivity contribution is 0.162. The standard InChI is InChI=1S/C13H22N2O2S/c1-10(8-12-5-7-18-9-12)14-13(17)15(3)6-4-11(2)16/h5,7,9-11,16H,4,6,8H2,1-3H3,(H,14,17)/t10-,11-/m1/s1. The smallest absolute Gasteiger partial charge is 0.317 e. The van der Waals surface area contributed by atoms with E-state index in [2.05, 4.69) is 16.8 Å². The summed E-state index contributed by atoms with van der Waals surface area (Å²) in [6.07, 6.45) is 1.07. The quantitative estimate of drug-likeness (QED) is 0.831. The summed E-state index contributed by atoms with van der Waals surface area (Å²) in [5.74, 6) is 0. The molecule has 1 rings (SSSR count). The van der Waals surface area contributed by atoms with E-state index in [0.29, 0.717) is 13.0 Å². The zero-order chi connectivity index (χ0) is 13.5. The molecule has 102 valence electrons. The Morgan fingerprint density at radius 3 is 2.83 bits per heavy atom. The number of carbonyl (C=O) groups excluding carboxylic acids is 1. The van der Waals surface area contributed by atoms with Crippen LogP contribution in [0, 0.1) is 0 Å². The van der Waals surface area contributed by atoms with E-state index in [0.717, 1.165) is 6.42 Å². The Bertz CT molecular complexity index is 352. The summed E-state index contributed by atoms with van der Waals surface area (Å²) < 4.78 is 0. The molecule has 5 heteroatoms. The van der Waals surface area contributed by atoms with E-state index in [1.54, 1.807) is 30.2 Å². The molecule has 0 saturated carbocycles. The fraction of sp³-hybridized carbons (Fsp3) is 0.615. The lowest BCUT2D eigenvalue weighted by atomic mass is 10.1. The molecule has 18 heavy (non-hydrogen) atoms. The lowest BCUT2D eigenvalue weighted by Gasteiger charge is -2.21. The molecule has 2 N–H and O–H groups in total. The Hall–Kier alpha value is -1.07. The van der Waals surface area contributed by atoms with Crippen molar-refractivity contribution in [2.45, 2.75) is 38.8 Å². The summed E-state index contributed by atoms with van der Waals surface area (Å²) in [5.41, 5.74) is 1.25. The molecule has 0 aromatic carbocycles. The van der Waals surface area contributed by atoms with Gasteiger partial charge in [-0.2, -0.15) is 11.3 Å². The van der Waals surface area contributed by atoms with E-state index >= 15 is 0 Å². The van der Waals surface area contributed by atoms with Crippen LogP contribution >= 0.6 is 11.3 Å². The van der Waals surface area contributed by atoms with Crippen LogP contribution in [0.3, 0.4) is 0 Å². The second-order valence-corrected chi connectivity index (χ2v) is 5.53. The fourth-order valence-corrected chi connectivity index (χ4v) is 2.30. The third kappa shape index (κ3) is 5.51. The number of hydrogen-bond donors (Lipinski definition) is 2.